The highest BCUT2D eigenvalue weighted by Crippen LogP contribution is 2.19. The molecule has 17 heavy (non-hydrogen) atoms. The number of H-pyrrole nitrogens is 1. The van der Waals surface area contributed by atoms with Gasteiger partial charge in [-0.3, -0.25) is 4.79 Å². The van der Waals surface area contributed by atoms with Gasteiger partial charge in [0.25, 0.3) is 5.56 Å². The molecule has 2 heterocycles. The lowest BCUT2D eigenvalue weighted by Gasteiger charge is -1.99. The first-order valence-electron chi connectivity index (χ1n) is 4.85. The largest absolute Gasteiger partial charge is 0.519 e. The van der Waals surface area contributed by atoms with E-state index >= 15 is 0 Å². The Bertz CT molecular complexity index is 640. The van der Waals surface area contributed by atoms with Gasteiger partial charge in [-0.1, -0.05) is 11.8 Å². The van der Waals surface area contributed by atoms with Crippen LogP contribution in [-0.2, 0) is 5.75 Å². The Balaban J connectivity index is 2.15. The molecule has 6 nitrogen and oxygen atoms in total. The Morgan fingerprint density at radius 2 is 2.12 bits per heavy atom. The highest BCUT2D eigenvalue weighted by molar-refractivity contribution is 7.98. The molecule has 2 aromatic heterocycles. The first kappa shape index (κ1) is 11.7. The van der Waals surface area contributed by atoms with Gasteiger partial charge < -0.3 is 13.8 Å². The van der Waals surface area contributed by atoms with E-state index in [0.717, 1.165) is 0 Å². The molecule has 2 aromatic rings. The second-order valence-corrected chi connectivity index (χ2v) is 4.38. The van der Waals surface area contributed by atoms with Crippen LogP contribution in [0, 0.1) is 13.8 Å². The summed E-state index contributed by atoms with van der Waals surface area (Å²) >= 11 is 1.27. The van der Waals surface area contributed by atoms with Gasteiger partial charge in [0.2, 0.25) is 0 Å². The molecular formula is C10H10N2O4S. The molecule has 0 saturated carbocycles. The number of aromatic amines is 1. The van der Waals surface area contributed by atoms with Crippen LogP contribution in [0.25, 0.3) is 0 Å². The van der Waals surface area contributed by atoms with E-state index in [1.807, 2.05) is 0 Å². The van der Waals surface area contributed by atoms with Crippen molar-refractivity contribution < 1.29 is 8.83 Å². The van der Waals surface area contributed by atoms with Crippen LogP contribution in [0.15, 0.2) is 29.6 Å². The Kier molecular flexibility index (Phi) is 3.19. The fourth-order valence-corrected chi connectivity index (χ4v) is 2.17. The van der Waals surface area contributed by atoms with Gasteiger partial charge >= 0.3 is 5.82 Å². The predicted octanol–water partition coefficient (Wildman–Crippen LogP) is 1.23. The summed E-state index contributed by atoms with van der Waals surface area (Å²) in [6.45, 7) is 3.38. The van der Waals surface area contributed by atoms with E-state index in [4.69, 9.17) is 8.83 Å². The lowest BCUT2D eigenvalue weighted by Crippen LogP contribution is -2.08. The van der Waals surface area contributed by atoms with Crippen molar-refractivity contribution in [3.05, 3.63) is 44.3 Å². The molecule has 7 heteroatoms. The summed E-state index contributed by atoms with van der Waals surface area (Å²) in [5, 5.41) is 0.484. The van der Waals surface area contributed by atoms with E-state index in [9.17, 15) is 9.59 Å². The van der Waals surface area contributed by atoms with Gasteiger partial charge in [0, 0.05) is 11.8 Å². The Labute approximate surface area is 100 Å². The molecule has 0 aliphatic heterocycles. The predicted molar refractivity (Wildman–Crippen MR) is 61.1 cm³/mol. The molecule has 0 bridgehead atoms. The molecule has 0 aliphatic rings. The van der Waals surface area contributed by atoms with Crippen LogP contribution < -0.4 is 11.4 Å². The molecule has 0 spiro atoms. The van der Waals surface area contributed by atoms with Crippen LogP contribution in [0.2, 0.25) is 0 Å². The highest BCUT2D eigenvalue weighted by Gasteiger charge is 2.09. The van der Waals surface area contributed by atoms with Crippen LogP contribution >= 0.6 is 11.8 Å². The number of rotatable bonds is 3. The zero-order valence-corrected chi connectivity index (χ0v) is 10.1. The fourth-order valence-electron chi connectivity index (χ4n) is 1.26. The molecule has 0 radical (unpaired) electrons. The second kappa shape index (κ2) is 4.62. The molecule has 0 amide bonds. The van der Waals surface area contributed by atoms with Crippen molar-refractivity contribution >= 4 is 11.8 Å². The van der Waals surface area contributed by atoms with E-state index in [2.05, 4.69) is 9.97 Å². The minimum Gasteiger partial charge on any atom is -0.396 e. The van der Waals surface area contributed by atoms with Crippen molar-refractivity contribution in [3.8, 4) is 0 Å². The van der Waals surface area contributed by atoms with Crippen molar-refractivity contribution in [3.63, 3.8) is 0 Å². The van der Waals surface area contributed by atoms with Gasteiger partial charge in [-0.2, -0.15) is 0 Å². The molecule has 90 valence electrons. The maximum Gasteiger partial charge on any atom is 0.519 e. The SMILES string of the molecule is Cc1cc(=O)[nH]c(SCc2oc(=O)oc2C)n1. The van der Waals surface area contributed by atoms with Crippen molar-refractivity contribution in [1.29, 1.82) is 0 Å². The number of aromatic nitrogens is 2. The summed E-state index contributed by atoms with van der Waals surface area (Å²) in [6.07, 6.45) is 0. The number of nitrogens with one attached hydrogen (secondary N) is 1. The lowest BCUT2D eigenvalue weighted by molar-refractivity contribution is 0.372. The van der Waals surface area contributed by atoms with E-state index < -0.39 is 5.82 Å². The Hall–Kier alpha value is -1.76. The summed E-state index contributed by atoms with van der Waals surface area (Å²) in [7, 11) is 0. The minimum absolute atomic E-state index is 0.203. The molecule has 0 aliphatic carbocycles. The minimum atomic E-state index is -0.719. The first-order chi connectivity index (χ1) is 8.04. The third-order valence-electron chi connectivity index (χ3n) is 2.02. The Morgan fingerprint density at radius 1 is 1.35 bits per heavy atom. The van der Waals surface area contributed by atoms with Crippen LogP contribution in [0.5, 0.6) is 0 Å². The maximum absolute atomic E-state index is 11.2. The van der Waals surface area contributed by atoms with E-state index in [1.165, 1.54) is 17.8 Å². The zero-order chi connectivity index (χ0) is 12.4. The lowest BCUT2D eigenvalue weighted by atomic mass is 10.4. The van der Waals surface area contributed by atoms with Gasteiger partial charge in [0.1, 0.15) is 5.76 Å². The van der Waals surface area contributed by atoms with Gasteiger partial charge in [0.05, 0.1) is 5.75 Å². The van der Waals surface area contributed by atoms with Crippen LogP contribution in [-0.4, -0.2) is 9.97 Å². The highest BCUT2D eigenvalue weighted by atomic mass is 32.2. The Morgan fingerprint density at radius 3 is 2.71 bits per heavy atom. The summed E-state index contributed by atoms with van der Waals surface area (Å²) in [4.78, 5) is 28.7. The van der Waals surface area contributed by atoms with E-state index in [1.54, 1.807) is 13.8 Å². The smallest absolute Gasteiger partial charge is 0.396 e. The number of nitrogens with zero attached hydrogens (tertiary/aromatic N) is 1. The number of thioether (sulfide) groups is 1. The van der Waals surface area contributed by atoms with Crippen LogP contribution in [0.1, 0.15) is 17.2 Å². The molecular weight excluding hydrogens is 244 g/mol. The zero-order valence-electron chi connectivity index (χ0n) is 9.27. The first-order valence-corrected chi connectivity index (χ1v) is 5.83. The summed E-state index contributed by atoms with van der Waals surface area (Å²) < 4.78 is 9.56. The normalized spacial score (nSPS) is 10.7. The number of hydrogen-bond donors (Lipinski definition) is 1. The van der Waals surface area contributed by atoms with E-state index in [0.29, 0.717) is 28.1 Å². The molecule has 2 rings (SSSR count). The fraction of sp³-hybridized carbons (Fsp3) is 0.300. The van der Waals surface area contributed by atoms with Gasteiger partial charge in [-0.05, 0) is 13.8 Å². The summed E-state index contributed by atoms with van der Waals surface area (Å²) in [5.41, 5.74) is 0.437. The van der Waals surface area contributed by atoms with Crippen LogP contribution in [0.3, 0.4) is 0 Å². The van der Waals surface area contributed by atoms with Crippen LogP contribution in [0.4, 0.5) is 0 Å². The van der Waals surface area contributed by atoms with Crippen molar-refractivity contribution in [2.75, 3.05) is 0 Å². The molecule has 1 N–H and O–H groups in total. The van der Waals surface area contributed by atoms with Gasteiger partial charge in [-0.25, -0.2) is 9.78 Å². The average Bonchev–Trinajstić information content (AvgIpc) is 2.53. The standard InChI is InChI=1S/C10H10N2O4S/c1-5-3-8(13)12-9(11-5)17-4-7-6(2)15-10(14)16-7/h3H,4H2,1-2H3,(H,11,12,13). The molecule has 0 atom stereocenters. The number of aryl methyl sites for hydroxylation is 2. The quantitative estimate of drug-likeness (QED) is 0.654. The second-order valence-electron chi connectivity index (χ2n) is 3.41. The molecule has 0 aromatic carbocycles. The monoisotopic (exact) mass is 254 g/mol. The average molecular weight is 254 g/mol. The third kappa shape index (κ3) is 2.88. The van der Waals surface area contributed by atoms with Crippen molar-refractivity contribution in [2.24, 2.45) is 0 Å². The molecule has 0 unspecified atom stereocenters. The van der Waals surface area contributed by atoms with Gasteiger partial charge in [0.15, 0.2) is 10.9 Å². The van der Waals surface area contributed by atoms with E-state index in [-0.39, 0.29) is 5.56 Å². The maximum atomic E-state index is 11.2. The summed E-state index contributed by atoms with van der Waals surface area (Å²) in [6, 6.07) is 1.41. The van der Waals surface area contributed by atoms with Gasteiger partial charge in [-0.15, -0.1) is 0 Å². The van der Waals surface area contributed by atoms with Crippen molar-refractivity contribution in [2.45, 2.75) is 24.8 Å². The summed E-state index contributed by atoms with van der Waals surface area (Å²) in [5.74, 6) is 0.551. The topological polar surface area (TPSA) is 89.1 Å². The molecule has 0 fully saturated rings. The number of hydrogen-bond acceptors (Lipinski definition) is 6. The third-order valence-corrected chi connectivity index (χ3v) is 2.90. The molecule has 0 saturated heterocycles. The van der Waals surface area contributed by atoms with Crippen molar-refractivity contribution in [1.82, 2.24) is 9.97 Å².